The van der Waals surface area contributed by atoms with E-state index in [9.17, 15) is 0 Å². The van der Waals surface area contributed by atoms with Gasteiger partial charge in [-0.15, -0.1) is 0 Å². The number of hydrogen-bond donors (Lipinski definition) is 2. The standard InChI is InChI=1S/C12H18BrN3O/c1-16(2)7-4-8-17-10-6-3-5-9(13)11(10)12(14)15/h3,5-6H,4,7-8H2,1-2H3,(H3,14,15). The molecular weight excluding hydrogens is 282 g/mol. The number of nitrogens with one attached hydrogen (secondary N) is 1. The summed E-state index contributed by atoms with van der Waals surface area (Å²) in [5.41, 5.74) is 6.16. The second-order valence-corrected chi connectivity index (χ2v) is 4.89. The minimum absolute atomic E-state index is 0.0140. The number of nitrogen functional groups attached to an aromatic ring is 1. The van der Waals surface area contributed by atoms with E-state index in [2.05, 4.69) is 20.8 Å². The monoisotopic (exact) mass is 299 g/mol. The third-order valence-electron chi connectivity index (χ3n) is 2.25. The molecule has 0 spiro atoms. The van der Waals surface area contributed by atoms with Gasteiger partial charge in [-0.2, -0.15) is 0 Å². The molecule has 0 aliphatic rings. The summed E-state index contributed by atoms with van der Waals surface area (Å²) in [4.78, 5) is 2.11. The van der Waals surface area contributed by atoms with Crippen LogP contribution in [0.3, 0.4) is 0 Å². The molecule has 0 fully saturated rings. The number of rotatable bonds is 6. The Morgan fingerprint density at radius 2 is 2.18 bits per heavy atom. The SMILES string of the molecule is CN(C)CCCOc1cccc(Br)c1C(=N)N. The van der Waals surface area contributed by atoms with Crippen molar-refractivity contribution in [2.75, 3.05) is 27.2 Å². The van der Waals surface area contributed by atoms with Gasteiger partial charge in [0, 0.05) is 11.0 Å². The van der Waals surface area contributed by atoms with Gasteiger partial charge in [0.2, 0.25) is 0 Å². The Morgan fingerprint density at radius 3 is 2.76 bits per heavy atom. The highest BCUT2D eigenvalue weighted by molar-refractivity contribution is 9.10. The van der Waals surface area contributed by atoms with Gasteiger partial charge in [0.15, 0.2) is 0 Å². The van der Waals surface area contributed by atoms with Crippen molar-refractivity contribution in [2.24, 2.45) is 5.73 Å². The van der Waals surface area contributed by atoms with Crippen LogP contribution in [0.4, 0.5) is 0 Å². The molecule has 17 heavy (non-hydrogen) atoms. The number of amidine groups is 1. The van der Waals surface area contributed by atoms with Gasteiger partial charge in [0.05, 0.1) is 12.2 Å². The fourth-order valence-corrected chi connectivity index (χ4v) is 2.01. The summed E-state index contributed by atoms with van der Waals surface area (Å²) in [6, 6.07) is 5.55. The quantitative estimate of drug-likeness (QED) is 0.480. The van der Waals surface area contributed by atoms with Crippen molar-refractivity contribution in [1.29, 1.82) is 5.41 Å². The number of ether oxygens (including phenoxy) is 1. The lowest BCUT2D eigenvalue weighted by molar-refractivity contribution is 0.281. The molecule has 94 valence electrons. The summed E-state index contributed by atoms with van der Waals surface area (Å²) in [7, 11) is 4.06. The van der Waals surface area contributed by atoms with Crippen LogP contribution in [-0.4, -0.2) is 38.0 Å². The summed E-state index contributed by atoms with van der Waals surface area (Å²) in [6.07, 6.45) is 0.941. The fraction of sp³-hybridized carbons (Fsp3) is 0.417. The number of halogens is 1. The molecule has 0 amide bonds. The highest BCUT2D eigenvalue weighted by Gasteiger charge is 2.10. The first-order chi connectivity index (χ1) is 8.02. The van der Waals surface area contributed by atoms with Gasteiger partial charge in [-0.3, -0.25) is 5.41 Å². The van der Waals surface area contributed by atoms with E-state index in [1.54, 1.807) is 0 Å². The highest BCUT2D eigenvalue weighted by atomic mass is 79.9. The van der Waals surface area contributed by atoms with Gasteiger partial charge in [-0.25, -0.2) is 0 Å². The van der Waals surface area contributed by atoms with Crippen LogP contribution in [0.25, 0.3) is 0 Å². The second-order valence-electron chi connectivity index (χ2n) is 4.03. The molecule has 3 N–H and O–H groups in total. The average molecular weight is 300 g/mol. The summed E-state index contributed by atoms with van der Waals surface area (Å²) in [5.74, 6) is 0.672. The first kappa shape index (κ1) is 14.0. The van der Waals surface area contributed by atoms with Crippen LogP contribution >= 0.6 is 15.9 Å². The van der Waals surface area contributed by atoms with E-state index in [0.29, 0.717) is 17.9 Å². The molecular formula is C12H18BrN3O. The number of nitrogens with zero attached hydrogens (tertiary/aromatic N) is 1. The molecule has 0 aliphatic heterocycles. The highest BCUT2D eigenvalue weighted by Crippen LogP contribution is 2.26. The van der Waals surface area contributed by atoms with E-state index < -0.39 is 0 Å². The second kappa shape index (κ2) is 6.61. The molecule has 0 aliphatic carbocycles. The van der Waals surface area contributed by atoms with Crippen LogP contribution in [0.1, 0.15) is 12.0 Å². The van der Waals surface area contributed by atoms with Crippen molar-refractivity contribution >= 4 is 21.8 Å². The summed E-state index contributed by atoms with van der Waals surface area (Å²) < 4.78 is 6.44. The molecule has 4 nitrogen and oxygen atoms in total. The zero-order chi connectivity index (χ0) is 12.8. The Morgan fingerprint density at radius 1 is 1.47 bits per heavy atom. The van der Waals surface area contributed by atoms with Crippen LogP contribution in [0.15, 0.2) is 22.7 Å². The van der Waals surface area contributed by atoms with Crippen molar-refractivity contribution in [1.82, 2.24) is 4.90 Å². The van der Waals surface area contributed by atoms with Crippen LogP contribution in [0, 0.1) is 5.41 Å². The van der Waals surface area contributed by atoms with Gasteiger partial charge in [-0.1, -0.05) is 6.07 Å². The molecule has 0 saturated heterocycles. The van der Waals surface area contributed by atoms with Gasteiger partial charge < -0.3 is 15.4 Å². The lowest BCUT2D eigenvalue weighted by Crippen LogP contribution is -2.17. The third kappa shape index (κ3) is 4.36. The Labute approximate surface area is 110 Å². The summed E-state index contributed by atoms with van der Waals surface area (Å²) in [5, 5.41) is 7.53. The minimum Gasteiger partial charge on any atom is -0.493 e. The first-order valence-corrected chi connectivity index (χ1v) is 6.22. The zero-order valence-corrected chi connectivity index (χ0v) is 11.8. The van der Waals surface area contributed by atoms with Crippen molar-refractivity contribution in [3.05, 3.63) is 28.2 Å². The van der Waals surface area contributed by atoms with Crippen molar-refractivity contribution < 1.29 is 4.74 Å². The molecule has 0 unspecified atom stereocenters. The van der Waals surface area contributed by atoms with Crippen LogP contribution in [0.2, 0.25) is 0 Å². The largest absolute Gasteiger partial charge is 0.493 e. The van der Waals surface area contributed by atoms with Crippen molar-refractivity contribution in [3.8, 4) is 5.75 Å². The van der Waals surface area contributed by atoms with E-state index in [-0.39, 0.29) is 5.84 Å². The van der Waals surface area contributed by atoms with E-state index in [0.717, 1.165) is 17.4 Å². The zero-order valence-electron chi connectivity index (χ0n) is 10.2. The van der Waals surface area contributed by atoms with E-state index >= 15 is 0 Å². The molecule has 1 aromatic rings. The molecule has 0 aromatic heterocycles. The molecule has 1 rings (SSSR count). The predicted molar refractivity (Wildman–Crippen MR) is 73.8 cm³/mol. The minimum atomic E-state index is 0.0140. The van der Waals surface area contributed by atoms with Crippen LogP contribution in [0.5, 0.6) is 5.75 Å². The molecule has 0 radical (unpaired) electrons. The smallest absolute Gasteiger partial charge is 0.131 e. The molecule has 5 heteroatoms. The first-order valence-electron chi connectivity index (χ1n) is 5.43. The number of benzene rings is 1. The Balaban J connectivity index is 2.64. The average Bonchev–Trinajstić information content (AvgIpc) is 2.23. The maximum atomic E-state index is 7.53. The van der Waals surface area contributed by atoms with Crippen LogP contribution in [-0.2, 0) is 0 Å². The van der Waals surface area contributed by atoms with E-state index in [1.165, 1.54) is 0 Å². The Kier molecular flexibility index (Phi) is 5.44. The maximum absolute atomic E-state index is 7.53. The maximum Gasteiger partial charge on any atom is 0.131 e. The molecule has 0 bridgehead atoms. The van der Waals surface area contributed by atoms with Gasteiger partial charge >= 0.3 is 0 Å². The summed E-state index contributed by atoms with van der Waals surface area (Å²) in [6.45, 7) is 1.60. The van der Waals surface area contributed by atoms with E-state index in [4.69, 9.17) is 15.9 Å². The fourth-order valence-electron chi connectivity index (χ4n) is 1.45. The van der Waals surface area contributed by atoms with Crippen LogP contribution < -0.4 is 10.5 Å². The molecule has 0 heterocycles. The van der Waals surface area contributed by atoms with E-state index in [1.807, 2.05) is 32.3 Å². The number of hydrogen-bond acceptors (Lipinski definition) is 3. The third-order valence-corrected chi connectivity index (χ3v) is 2.91. The number of nitrogens with two attached hydrogens (primary N) is 1. The topological polar surface area (TPSA) is 62.3 Å². The van der Waals surface area contributed by atoms with Gasteiger partial charge in [0.1, 0.15) is 11.6 Å². The summed E-state index contributed by atoms with van der Waals surface area (Å²) >= 11 is 3.37. The van der Waals surface area contributed by atoms with Crippen molar-refractivity contribution in [3.63, 3.8) is 0 Å². The molecule has 1 aromatic carbocycles. The normalized spacial score (nSPS) is 10.6. The molecule has 0 saturated carbocycles. The predicted octanol–water partition coefficient (Wildman–Crippen LogP) is 2.06. The van der Waals surface area contributed by atoms with Gasteiger partial charge in [-0.05, 0) is 48.6 Å². The lowest BCUT2D eigenvalue weighted by atomic mass is 10.2. The Bertz CT molecular complexity index is 393. The molecule has 0 atom stereocenters. The Hall–Kier alpha value is -1.07. The van der Waals surface area contributed by atoms with Crippen molar-refractivity contribution in [2.45, 2.75) is 6.42 Å². The lowest BCUT2D eigenvalue weighted by Gasteiger charge is -2.13. The van der Waals surface area contributed by atoms with Gasteiger partial charge in [0.25, 0.3) is 0 Å².